The molecule has 1 nitrogen and oxygen atoms in total. The molecule has 0 N–H and O–H groups in total. The number of hydrogen-bond acceptors (Lipinski definition) is 1. The first-order valence-electron chi connectivity index (χ1n) is 3.55. The van der Waals surface area contributed by atoms with Crippen LogP contribution < -0.4 is 0 Å². The molecule has 0 fully saturated rings. The van der Waals surface area contributed by atoms with Crippen LogP contribution in [0.15, 0.2) is 22.7 Å². The van der Waals surface area contributed by atoms with E-state index in [1.807, 2.05) is 6.07 Å². The van der Waals surface area contributed by atoms with Crippen LogP contribution in [0.2, 0.25) is 0 Å². The molecular formula is C9H7BrIN. The third-order valence-electron chi connectivity index (χ3n) is 1.52. The van der Waals surface area contributed by atoms with Gasteiger partial charge in [-0.05, 0) is 46.7 Å². The van der Waals surface area contributed by atoms with E-state index in [-0.39, 0.29) is 0 Å². The van der Waals surface area contributed by atoms with E-state index in [0.29, 0.717) is 6.42 Å². The summed E-state index contributed by atoms with van der Waals surface area (Å²) in [5.41, 5.74) is 1.25. The lowest BCUT2D eigenvalue weighted by molar-refractivity contribution is 1.00. The summed E-state index contributed by atoms with van der Waals surface area (Å²) in [6.07, 6.45) is 1.44. The lowest BCUT2D eigenvalue weighted by Crippen LogP contribution is -1.87. The molecule has 0 saturated heterocycles. The Morgan fingerprint density at radius 3 is 2.83 bits per heavy atom. The quantitative estimate of drug-likeness (QED) is 0.759. The van der Waals surface area contributed by atoms with Crippen LogP contribution in [-0.2, 0) is 6.42 Å². The van der Waals surface area contributed by atoms with Gasteiger partial charge in [0.25, 0.3) is 0 Å². The van der Waals surface area contributed by atoms with Crippen LogP contribution in [0.5, 0.6) is 0 Å². The molecule has 0 spiro atoms. The Labute approximate surface area is 94.0 Å². The average molecular weight is 336 g/mol. The molecule has 0 aromatic heterocycles. The second kappa shape index (κ2) is 4.83. The number of benzene rings is 1. The Morgan fingerprint density at radius 2 is 2.25 bits per heavy atom. The summed E-state index contributed by atoms with van der Waals surface area (Å²) >= 11 is 5.68. The fraction of sp³-hybridized carbons (Fsp3) is 0.222. The van der Waals surface area contributed by atoms with E-state index < -0.39 is 0 Å². The Bertz CT molecular complexity index is 317. The molecule has 62 valence electrons. The highest BCUT2D eigenvalue weighted by atomic mass is 127. The molecule has 12 heavy (non-hydrogen) atoms. The molecule has 0 bridgehead atoms. The van der Waals surface area contributed by atoms with E-state index >= 15 is 0 Å². The summed E-state index contributed by atoms with van der Waals surface area (Å²) in [6, 6.07) is 8.27. The van der Waals surface area contributed by atoms with Gasteiger partial charge in [0.1, 0.15) is 0 Å². The van der Waals surface area contributed by atoms with Gasteiger partial charge in [-0.3, -0.25) is 0 Å². The van der Waals surface area contributed by atoms with Crippen molar-refractivity contribution in [3.05, 3.63) is 31.8 Å². The lowest BCUT2D eigenvalue weighted by atomic mass is 10.1. The molecule has 0 heterocycles. The molecule has 1 aromatic rings. The molecule has 0 aliphatic heterocycles. The van der Waals surface area contributed by atoms with Crippen molar-refractivity contribution in [2.75, 3.05) is 0 Å². The van der Waals surface area contributed by atoms with E-state index in [1.54, 1.807) is 0 Å². The molecule has 0 aliphatic rings. The van der Waals surface area contributed by atoms with E-state index in [0.717, 1.165) is 10.9 Å². The normalized spacial score (nSPS) is 9.42. The van der Waals surface area contributed by atoms with Crippen LogP contribution in [0.4, 0.5) is 0 Å². The minimum absolute atomic E-state index is 0.595. The standard InChI is InChI=1S/C9H7BrIN/c10-8-4-3-7(2-1-5-12)9(11)6-8/h3-4,6H,1-2H2. The number of nitrogens with zero attached hydrogens (tertiary/aromatic N) is 1. The molecule has 0 radical (unpaired) electrons. The average Bonchev–Trinajstić information content (AvgIpc) is 2.03. The third-order valence-corrected chi connectivity index (χ3v) is 3.02. The second-order valence-corrected chi connectivity index (χ2v) is 4.47. The van der Waals surface area contributed by atoms with Gasteiger partial charge in [-0.1, -0.05) is 22.0 Å². The van der Waals surface area contributed by atoms with Crippen molar-refractivity contribution in [3.63, 3.8) is 0 Å². The maximum absolute atomic E-state index is 8.41. The van der Waals surface area contributed by atoms with Crippen molar-refractivity contribution in [2.24, 2.45) is 0 Å². The van der Waals surface area contributed by atoms with Crippen LogP contribution in [0.3, 0.4) is 0 Å². The van der Waals surface area contributed by atoms with E-state index in [2.05, 4.69) is 56.7 Å². The predicted molar refractivity (Wildman–Crippen MR) is 60.8 cm³/mol. The van der Waals surface area contributed by atoms with Crippen LogP contribution in [0.25, 0.3) is 0 Å². The fourth-order valence-corrected chi connectivity index (χ4v) is 2.49. The highest BCUT2D eigenvalue weighted by Gasteiger charge is 1.99. The largest absolute Gasteiger partial charge is 0.198 e. The van der Waals surface area contributed by atoms with Crippen molar-refractivity contribution in [1.29, 1.82) is 5.26 Å². The monoisotopic (exact) mass is 335 g/mol. The van der Waals surface area contributed by atoms with Gasteiger partial charge in [-0.2, -0.15) is 5.26 Å². The topological polar surface area (TPSA) is 23.8 Å². The summed E-state index contributed by atoms with van der Waals surface area (Å²) in [6.45, 7) is 0. The Hall–Kier alpha value is -0.0800. The predicted octanol–water partition coefficient (Wildman–Crippen LogP) is 3.51. The Balaban J connectivity index is 2.81. The minimum atomic E-state index is 0.595. The van der Waals surface area contributed by atoms with E-state index in [9.17, 15) is 0 Å². The number of nitriles is 1. The molecule has 0 saturated carbocycles. The maximum Gasteiger partial charge on any atom is 0.0625 e. The van der Waals surface area contributed by atoms with Crippen molar-refractivity contribution >= 4 is 38.5 Å². The van der Waals surface area contributed by atoms with Gasteiger partial charge >= 0.3 is 0 Å². The van der Waals surface area contributed by atoms with Gasteiger partial charge in [-0.25, -0.2) is 0 Å². The zero-order valence-electron chi connectivity index (χ0n) is 6.35. The molecule has 0 unspecified atom stereocenters. The summed E-state index contributed by atoms with van der Waals surface area (Å²) in [5, 5.41) is 8.41. The fourth-order valence-electron chi connectivity index (χ4n) is 0.915. The maximum atomic E-state index is 8.41. The van der Waals surface area contributed by atoms with Crippen LogP contribution in [0, 0.1) is 14.9 Å². The van der Waals surface area contributed by atoms with Crippen molar-refractivity contribution < 1.29 is 0 Å². The minimum Gasteiger partial charge on any atom is -0.198 e. The number of hydrogen-bond donors (Lipinski definition) is 0. The van der Waals surface area contributed by atoms with Gasteiger partial charge in [0.2, 0.25) is 0 Å². The van der Waals surface area contributed by atoms with Crippen molar-refractivity contribution in [1.82, 2.24) is 0 Å². The summed E-state index contributed by atoms with van der Waals surface area (Å²) < 4.78 is 2.31. The lowest BCUT2D eigenvalue weighted by Gasteiger charge is -2.01. The zero-order valence-corrected chi connectivity index (χ0v) is 10.1. The number of aryl methyl sites for hydroxylation is 1. The molecule has 0 amide bonds. The molecule has 0 atom stereocenters. The Kier molecular flexibility index (Phi) is 4.02. The molecule has 1 rings (SSSR count). The summed E-state index contributed by atoms with van der Waals surface area (Å²) in [7, 11) is 0. The van der Waals surface area contributed by atoms with Crippen molar-refractivity contribution in [3.8, 4) is 6.07 Å². The highest BCUT2D eigenvalue weighted by molar-refractivity contribution is 14.1. The first-order valence-corrected chi connectivity index (χ1v) is 5.42. The SMILES string of the molecule is N#CCCc1ccc(Br)cc1I. The van der Waals surface area contributed by atoms with Gasteiger partial charge in [-0.15, -0.1) is 0 Å². The summed E-state index contributed by atoms with van der Waals surface area (Å²) in [5.74, 6) is 0. The van der Waals surface area contributed by atoms with Crippen LogP contribution in [0.1, 0.15) is 12.0 Å². The molecule has 1 aromatic carbocycles. The van der Waals surface area contributed by atoms with Crippen LogP contribution in [-0.4, -0.2) is 0 Å². The van der Waals surface area contributed by atoms with Gasteiger partial charge in [0.05, 0.1) is 6.07 Å². The Morgan fingerprint density at radius 1 is 1.50 bits per heavy atom. The smallest absolute Gasteiger partial charge is 0.0625 e. The van der Waals surface area contributed by atoms with Gasteiger partial charge in [0, 0.05) is 14.5 Å². The zero-order chi connectivity index (χ0) is 8.97. The number of rotatable bonds is 2. The van der Waals surface area contributed by atoms with E-state index in [4.69, 9.17) is 5.26 Å². The first kappa shape index (κ1) is 10.0. The highest BCUT2D eigenvalue weighted by Crippen LogP contribution is 2.19. The number of halogens is 2. The van der Waals surface area contributed by atoms with E-state index in [1.165, 1.54) is 9.13 Å². The van der Waals surface area contributed by atoms with Gasteiger partial charge < -0.3 is 0 Å². The first-order chi connectivity index (χ1) is 5.74. The van der Waals surface area contributed by atoms with Crippen molar-refractivity contribution in [2.45, 2.75) is 12.8 Å². The van der Waals surface area contributed by atoms with Crippen LogP contribution >= 0.6 is 38.5 Å². The second-order valence-electron chi connectivity index (χ2n) is 2.39. The summed E-state index contributed by atoms with van der Waals surface area (Å²) in [4.78, 5) is 0. The molecule has 3 heteroatoms. The molecular weight excluding hydrogens is 329 g/mol. The third kappa shape index (κ3) is 2.76. The van der Waals surface area contributed by atoms with Gasteiger partial charge in [0.15, 0.2) is 0 Å². The molecule has 0 aliphatic carbocycles.